The van der Waals surface area contributed by atoms with E-state index in [9.17, 15) is 0 Å². The van der Waals surface area contributed by atoms with Crippen molar-refractivity contribution in [1.82, 2.24) is 5.32 Å². The first-order valence-corrected chi connectivity index (χ1v) is 8.76. The third kappa shape index (κ3) is 5.35. The Morgan fingerprint density at radius 1 is 1.05 bits per heavy atom. The minimum absolute atomic E-state index is 0.316. The molecule has 0 bridgehead atoms. The molecule has 0 saturated heterocycles. The van der Waals surface area contributed by atoms with Crippen molar-refractivity contribution in [2.75, 3.05) is 7.05 Å². The fraction of sp³-hybridized carbons (Fsp3) is 0.684. The number of unbranched alkanes of at least 4 members (excludes halogenated alkanes) is 1. The minimum atomic E-state index is 0.316. The highest BCUT2D eigenvalue weighted by Crippen LogP contribution is 2.23. The second-order valence-electron chi connectivity index (χ2n) is 6.29. The lowest BCUT2D eigenvalue weighted by molar-refractivity contribution is 0.131. The van der Waals surface area contributed by atoms with Crippen molar-refractivity contribution >= 4 is 0 Å². The van der Waals surface area contributed by atoms with Crippen LogP contribution in [-0.2, 0) is 6.42 Å². The van der Waals surface area contributed by atoms with Crippen LogP contribution in [0.1, 0.15) is 63.9 Å². The zero-order valence-electron chi connectivity index (χ0n) is 13.7. The largest absolute Gasteiger partial charge is 0.489 e. The van der Waals surface area contributed by atoms with Crippen LogP contribution >= 0.6 is 0 Å². The van der Waals surface area contributed by atoms with Gasteiger partial charge in [-0.25, -0.2) is 0 Å². The van der Waals surface area contributed by atoms with Crippen LogP contribution < -0.4 is 10.1 Å². The van der Waals surface area contributed by atoms with Crippen LogP contribution in [0, 0.1) is 0 Å². The fourth-order valence-corrected chi connectivity index (χ4v) is 3.21. The molecular formula is C19H31NO. The second kappa shape index (κ2) is 9.09. The van der Waals surface area contributed by atoms with Gasteiger partial charge < -0.3 is 10.1 Å². The van der Waals surface area contributed by atoms with Crippen LogP contribution in [0.5, 0.6) is 5.75 Å². The SMILES string of the molecule is CCCCc1ccc(OC2CCCCCCC2NC)cc1. The van der Waals surface area contributed by atoms with Crippen LogP contribution in [0.4, 0.5) is 0 Å². The van der Waals surface area contributed by atoms with Gasteiger partial charge in [-0.05, 0) is 56.8 Å². The molecule has 2 rings (SSSR count). The summed E-state index contributed by atoms with van der Waals surface area (Å²) in [6.07, 6.45) is 11.8. The quantitative estimate of drug-likeness (QED) is 0.818. The van der Waals surface area contributed by atoms with Crippen molar-refractivity contribution in [3.8, 4) is 5.75 Å². The molecule has 0 radical (unpaired) electrons. The third-order valence-electron chi connectivity index (χ3n) is 4.60. The standard InChI is InChI=1S/C19H31NO/c1-3-4-9-16-12-14-17(15-13-16)21-19-11-8-6-5-7-10-18(19)20-2/h12-15,18-20H,3-11H2,1-2H3. The molecule has 1 aromatic rings. The molecule has 0 spiro atoms. The number of hydrogen-bond acceptors (Lipinski definition) is 2. The molecule has 1 N–H and O–H groups in total. The summed E-state index contributed by atoms with van der Waals surface area (Å²) in [5, 5.41) is 3.46. The molecule has 1 aromatic carbocycles. The highest BCUT2D eigenvalue weighted by Gasteiger charge is 2.22. The summed E-state index contributed by atoms with van der Waals surface area (Å²) in [4.78, 5) is 0. The molecule has 2 unspecified atom stereocenters. The number of rotatable bonds is 6. The summed E-state index contributed by atoms with van der Waals surface area (Å²) in [5.74, 6) is 1.03. The van der Waals surface area contributed by atoms with Crippen LogP contribution in [0.25, 0.3) is 0 Å². The summed E-state index contributed by atoms with van der Waals surface area (Å²) in [6.45, 7) is 2.24. The molecule has 1 aliphatic carbocycles. The van der Waals surface area contributed by atoms with Crippen molar-refractivity contribution in [2.45, 2.75) is 76.9 Å². The van der Waals surface area contributed by atoms with Gasteiger partial charge >= 0.3 is 0 Å². The zero-order valence-corrected chi connectivity index (χ0v) is 13.7. The molecule has 1 aliphatic rings. The highest BCUT2D eigenvalue weighted by molar-refractivity contribution is 5.27. The van der Waals surface area contributed by atoms with Crippen LogP contribution in [0.15, 0.2) is 24.3 Å². The Labute approximate surface area is 130 Å². The zero-order chi connectivity index (χ0) is 14.9. The fourth-order valence-electron chi connectivity index (χ4n) is 3.21. The average molecular weight is 289 g/mol. The van der Waals surface area contributed by atoms with Gasteiger partial charge in [0.1, 0.15) is 11.9 Å². The molecule has 1 fully saturated rings. The van der Waals surface area contributed by atoms with E-state index in [1.54, 1.807) is 0 Å². The van der Waals surface area contributed by atoms with E-state index in [-0.39, 0.29) is 0 Å². The number of likely N-dealkylation sites (N-methyl/N-ethyl adjacent to an activating group) is 1. The van der Waals surface area contributed by atoms with Gasteiger partial charge in [-0.15, -0.1) is 0 Å². The molecule has 0 heterocycles. The van der Waals surface area contributed by atoms with E-state index in [0.717, 1.165) is 5.75 Å². The normalized spacial score (nSPS) is 23.3. The second-order valence-corrected chi connectivity index (χ2v) is 6.29. The molecule has 118 valence electrons. The lowest BCUT2D eigenvalue weighted by Gasteiger charge is -2.29. The maximum absolute atomic E-state index is 6.29. The van der Waals surface area contributed by atoms with Gasteiger partial charge in [-0.2, -0.15) is 0 Å². The van der Waals surface area contributed by atoms with E-state index >= 15 is 0 Å². The molecule has 0 aromatic heterocycles. The number of nitrogens with one attached hydrogen (secondary N) is 1. The van der Waals surface area contributed by atoms with Gasteiger partial charge in [-0.1, -0.05) is 44.7 Å². The van der Waals surface area contributed by atoms with Gasteiger partial charge in [0.2, 0.25) is 0 Å². The Morgan fingerprint density at radius 2 is 1.76 bits per heavy atom. The van der Waals surface area contributed by atoms with Crippen molar-refractivity contribution in [3.05, 3.63) is 29.8 Å². The van der Waals surface area contributed by atoms with E-state index in [1.807, 2.05) is 0 Å². The Hall–Kier alpha value is -1.02. The van der Waals surface area contributed by atoms with Gasteiger partial charge in [0.05, 0.1) is 0 Å². The average Bonchev–Trinajstić information content (AvgIpc) is 2.49. The Balaban J connectivity index is 1.94. The van der Waals surface area contributed by atoms with Gasteiger partial charge in [0.25, 0.3) is 0 Å². The summed E-state index contributed by atoms with van der Waals surface area (Å²) < 4.78 is 6.29. The minimum Gasteiger partial charge on any atom is -0.489 e. The number of aryl methyl sites for hydroxylation is 1. The van der Waals surface area contributed by atoms with Gasteiger partial charge in [0.15, 0.2) is 0 Å². The summed E-state index contributed by atoms with van der Waals surface area (Å²) >= 11 is 0. The van der Waals surface area contributed by atoms with E-state index in [4.69, 9.17) is 4.74 Å². The number of ether oxygens (including phenoxy) is 1. The van der Waals surface area contributed by atoms with Crippen LogP contribution in [0.2, 0.25) is 0 Å². The van der Waals surface area contributed by atoms with E-state index < -0.39 is 0 Å². The molecule has 21 heavy (non-hydrogen) atoms. The molecule has 0 amide bonds. The summed E-state index contributed by atoms with van der Waals surface area (Å²) in [5.41, 5.74) is 1.42. The first kappa shape index (κ1) is 16.4. The first-order chi connectivity index (χ1) is 10.3. The molecule has 2 atom stereocenters. The molecule has 2 nitrogen and oxygen atoms in total. The molecular weight excluding hydrogens is 258 g/mol. The Morgan fingerprint density at radius 3 is 2.43 bits per heavy atom. The van der Waals surface area contributed by atoms with Crippen molar-refractivity contribution in [3.63, 3.8) is 0 Å². The third-order valence-corrected chi connectivity index (χ3v) is 4.60. The van der Waals surface area contributed by atoms with Gasteiger partial charge in [0, 0.05) is 6.04 Å². The first-order valence-electron chi connectivity index (χ1n) is 8.76. The maximum Gasteiger partial charge on any atom is 0.119 e. The Kier molecular flexibility index (Phi) is 7.08. The van der Waals surface area contributed by atoms with E-state index in [2.05, 4.69) is 43.6 Å². The maximum atomic E-state index is 6.29. The lowest BCUT2D eigenvalue weighted by Crippen LogP contribution is -2.41. The van der Waals surface area contributed by atoms with E-state index in [0.29, 0.717) is 12.1 Å². The lowest BCUT2D eigenvalue weighted by atomic mass is 9.94. The summed E-state index contributed by atoms with van der Waals surface area (Å²) in [7, 11) is 2.07. The highest BCUT2D eigenvalue weighted by atomic mass is 16.5. The van der Waals surface area contributed by atoms with Crippen LogP contribution in [-0.4, -0.2) is 19.2 Å². The van der Waals surface area contributed by atoms with Crippen LogP contribution in [0.3, 0.4) is 0 Å². The molecule has 0 aliphatic heterocycles. The Bertz CT molecular complexity index is 387. The molecule has 2 heteroatoms. The number of benzene rings is 1. The van der Waals surface area contributed by atoms with Crippen molar-refractivity contribution < 1.29 is 4.74 Å². The number of hydrogen-bond donors (Lipinski definition) is 1. The predicted molar refractivity (Wildman–Crippen MR) is 90.0 cm³/mol. The topological polar surface area (TPSA) is 21.3 Å². The smallest absolute Gasteiger partial charge is 0.119 e. The van der Waals surface area contributed by atoms with Crippen molar-refractivity contribution in [1.29, 1.82) is 0 Å². The summed E-state index contributed by atoms with van der Waals surface area (Å²) in [6, 6.07) is 9.24. The van der Waals surface area contributed by atoms with Gasteiger partial charge in [-0.3, -0.25) is 0 Å². The van der Waals surface area contributed by atoms with E-state index in [1.165, 1.54) is 63.4 Å². The predicted octanol–water partition coefficient (Wildman–Crippen LogP) is 4.72. The van der Waals surface area contributed by atoms with Crippen molar-refractivity contribution in [2.24, 2.45) is 0 Å². The molecule has 1 saturated carbocycles. The monoisotopic (exact) mass is 289 g/mol.